The number of fused-ring (bicyclic) bond motifs is 1. The Morgan fingerprint density at radius 3 is 2.94 bits per heavy atom. The molecule has 1 N–H and O–H groups in total. The van der Waals surface area contributed by atoms with Crippen LogP contribution in [0.1, 0.15) is 16.8 Å². The molecule has 1 aromatic carbocycles. The second kappa shape index (κ2) is 5.04. The SMILES string of the molecule is Clc1ccc2c(c1)CC(NCc1ccncn1)C2. The summed E-state index contributed by atoms with van der Waals surface area (Å²) in [5.41, 5.74) is 3.79. The average molecular weight is 260 g/mol. The van der Waals surface area contributed by atoms with Gasteiger partial charge in [-0.3, -0.25) is 0 Å². The first-order valence-corrected chi connectivity index (χ1v) is 6.44. The lowest BCUT2D eigenvalue weighted by atomic mass is 10.1. The van der Waals surface area contributed by atoms with Crippen molar-refractivity contribution in [3.8, 4) is 0 Å². The number of aromatic nitrogens is 2. The van der Waals surface area contributed by atoms with Crippen molar-refractivity contribution >= 4 is 11.6 Å². The molecular formula is C14H14ClN3. The van der Waals surface area contributed by atoms with Gasteiger partial charge in [-0.05, 0) is 42.2 Å². The molecule has 0 aliphatic heterocycles. The van der Waals surface area contributed by atoms with Crippen molar-refractivity contribution in [1.82, 2.24) is 15.3 Å². The minimum atomic E-state index is 0.480. The number of halogens is 1. The van der Waals surface area contributed by atoms with E-state index in [1.807, 2.05) is 12.1 Å². The van der Waals surface area contributed by atoms with Crippen molar-refractivity contribution in [2.24, 2.45) is 0 Å². The zero-order valence-corrected chi connectivity index (χ0v) is 10.7. The third-order valence-corrected chi connectivity index (χ3v) is 3.55. The molecule has 1 heterocycles. The summed E-state index contributed by atoms with van der Waals surface area (Å²) in [5.74, 6) is 0. The first-order valence-electron chi connectivity index (χ1n) is 6.07. The zero-order chi connectivity index (χ0) is 12.4. The first kappa shape index (κ1) is 11.6. The monoisotopic (exact) mass is 259 g/mol. The van der Waals surface area contributed by atoms with E-state index in [-0.39, 0.29) is 0 Å². The highest BCUT2D eigenvalue weighted by Crippen LogP contribution is 2.25. The Balaban J connectivity index is 1.61. The Morgan fingerprint density at radius 1 is 1.22 bits per heavy atom. The number of nitrogens with zero attached hydrogens (tertiary/aromatic N) is 2. The summed E-state index contributed by atoms with van der Waals surface area (Å²) in [4.78, 5) is 8.12. The van der Waals surface area contributed by atoms with Crippen LogP contribution in [0, 0.1) is 0 Å². The lowest BCUT2D eigenvalue weighted by molar-refractivity contribution is 0.527. The molecule has 0 saturated heterocycles. The Kier molecular flexibility index (Phi) is 3.26. The Labute approximate surface area is 111 Å². The summed E-state index contributed by atoms with van der Waals surface area (Å²) in [6, 6.07) is 8.58. The highest BCUT2D eigenvalue weighted by molar-refractivity contribution is 6.30. The van der Waals surface area contributed by atoms with Crippen LogP contribution in [0.4, 0.5) is 0 Å². The van der Waals surface area contributed by atoms with E-state index < -0.39 is 0 Å². The Morgan fingerprint density at radius 2 is 2.11 bits per heavy atom. The van der Waals surface area contributed by atoms with Crippen LogP contribution in [0.3, 0.4) is 0 Å². The van der Waals surface area contributed by atoms with Gasteiger partial charge in [0.15, 0.2) is 0 Å². The molecule has 0 fully saturated rings. The van der Waals surface area contributed by atoms with Crippen molar-refractivity contribution in [2.45, 2.75) is 25.4 Å². The minimum Gasteiger partial charge on any atom is -0.308 e. The lowest BCUT2D eigenvalue weighted by Gasteiger charge is -2.10. The second-order valence-electron chi connectivity index (χ2n) is 4.60. The van der Waals surface area contributed by atoms with Crippen LogP contribution < -0.4 is 5.32 Å². The van der Waals surface area contributed by atoms with Gasteiger partial charge in [0.25, 0.3) is 0 Å². The van der Waals surface area contributed by atoms with Crippen LogP contribution in [0.5, 0.6) is 0 Å². The maximum atomic E-state index is 6.01. The van der Waals surface area contributed by atoms with Crippen LogP contribution in [0.25, 0.3) is 0 Å². The number of rotatable bonds is 3. The van der Waals surface area contributed by atoms with E-state index in [1.165, 1.54) is 11.1 Å². The molecule has 0 spiro atoms. The normalized spacial score (nSPS) is 17.7. The molecule has 4 heteroatoms. The van der Waals surface area contributed by atoms with Crippen LogP contribution in [-0.2, 0) is 19.4 Å². The van der Waals surface area contributed by atoms with E-state index >= 15 is 0 Å². The molecule has 0 saturated carbocycles. The van der Waals surface area contributed by atoms with Gasteiger partial charge in [-0.1, -0.05) is 17.7 Å². The van der Waals surface area contributed by atoms with Gasteiger partial charge in [0.1, 0.15) is 6.33 Å². The lowest BCUT2D eigenvalue weighted by Crippen LogP contribution is -2.29. The maximum absolute atomic E-state index is 6.01. The quantitative estimate of drug-likeness (QED) is 0.920. The maximum Gasteiger partial charge on any atom is 0.115 e. The minimum absolute atomic E-state index is 0.480. The summed E-state index contributed by atoms with van der Waals surface area (Å²) in [7, 11) is 0. The molecule has 1 unspecified atom stereocenters. The van der Waals surface area contributed by atoms with E-state index in [0.717, 1.165) is 30.1 Å². The third-order valence-electron chi connectivity index (χ3n) is 3.32. The van der Waals surface area contributed by atoms with Gasteiger partial charge >= 0.3 is 0 Å². The van der Waals surface area contributed by atoms with Gasteiger partial charge < -0.3 is 5.32 Å². The van der Waals surface area contributed by atoms with Gasteiger partial charge in [-0.2, -0.15) is 0 Å². The van der Waals surface area contributed by atoms with Crippen molar-refractivity contribution in [3.05, 3.63) is 58.6 Å². The number of hydrogen-bond donors (Lipinski definition) is 1. The molecular weight excluding hydrogens is 246 g/mol. The Hall–Kier alpha value is -1.45. The average Bonchev–Trinajstić information content (AvgIpc) is 2.79. The highest BCUT2D eigenvalue weighted by atomic mass is 35.5. The fraction of sp³-hybridized carbons (Fsp3) is 0.286. The molecule has 0 bridgehead atoms. The molecule has 3 nitrogen and oxygen atoms in total. The molecule has 1 atom stereocenters. The number of hydrogen-bond acceptors (Lipinski definition) is 3. The standard InChI is InChI=1S/C14H14ClN3/c15-12-2-1-10-6-14(7-11(10)5-12)17-8-13-3-4-16-9-18-13/h1-5,9,14,17H,6-8H2. The highest BCUT2D eigenvalue weighted by Gasteiger charge is 2.20. The van der Waals surface area contributed by atoms with E-state index in [2.05, 4.69) is 27.4 Å². The van der Waals surface area contributed by atoms with Crippen LogP contribution in [-0.4, -0.2) is 16.0 Å². The van der Waals surface area contributed by atoms with Gasteiger partial charge in [-0.15, -0.1) is 0 Å². The summed E-state index contributed by atoms with van der Waals surface area (Å²) >= 11 is 6.01. The van der Waals surface area contributed by atoms with E-state index in [0.29, 0.717) is 6.04 Å². The van der Waals surface area contributed by atoms with Crippen LogP contribution in [0.2, 0.25) is 5.02 Å². The molecule has 1 aromatic heterocycles. The second-order valence-corrected chi connectivity index (χ2v) is 5.04. The fourth-order valence-electron chi connectivity index (χ4n) is 2.40. The van der Waals surface area contributed by atoms with E-state index in [1.54, 1.807) is 12.5 Å². The predicted octanol–water partition coefficient (Wildman–Crippen LogP) is 2.39. The first-order chi connectivity index (χ1) is 8.81. The third kappa shape index (κ3) is 2.52. The molecule has 1 aliphatic carbocycles. The smallest absolute Gasteiger partial charge is 0.115 e. The molecule has 0 amide bonds. The van der Waals surface area contributed by atoms with Gasteiger partial charge in [-0.25, -0.2) is 9.97 Å². The van der Waals surface area contributed by atoms with Crippen LogP contribution >= 0.6 is 11.6 Å². The molecule has 92 valence electrons. The van der Waals surface area contributed by atoms with Crippen molar-refractivity contribution in [1.29, 1.82) is 0 Å². The van der Waals surface area contributed by atoms with Gasteiger partial charge in [0.05, 0.1) is 5.69 Å². The summed E-state index contributed by atoms with van der Waals surface area (Å²) in [6.07, 6.45) is 5.46. The number of benzene rings is 1. The molecule has 18 heavy (non-hydrogen) atoms. The fourth-order valence-corrected chi connectivity index (χ4v) is 2.60. The topological polar surface area (TPSA) is 37.8 Å². The molecule has 1 aliphatic rings. The summed E-state index contributed by atoms with van der Waals surface area (Å²) in [5, 5.41) is 4.36. The zero-order valence-electron chi connectivity index (χ0n) is 9.94. The van der Waals surface area contributed by atoms with Gasteiger partial charge in [0, 0.05) is 23.8 Å². The van der Waals surface area contributed by atoms with Crippen LogP contribution in [0.15, 0.2) is 36.8 Å². The molecule has 2 aromatic rings. The van der Waals surface area contributed by atoms with Crippen molar-refractivity contribution < 1.29 is 0 Å². The van der Waals surface area contributed by atoms with Crippen molar-refractivity contribution in [3.63, 3.8) is 0 Å². The number of nitrogens with one attached hydrogen (secondary N) is 1. The molecule has 3 rings (SSSR count). The van der Waals surface area contributed by atoms with E-state index in [9.17, 15) is 0 Å². The predicted molar refractivity (Wildman–Crippen MR) is 71.5 cm³/mol. The summed E-state index contributed by atoms with van der Waals surface area (Å²) < 4.78 is 0. The summed E-state index contributed by atoms with van der Waals surface area (Å²) in [6.45, 7) is 0.787. The van der Waals surface area contributed by atoms with Crippen molar-refractivity contribution in [2.75, 3.05) is 0 Å². The largest absolute Gasteiger partial charge is 0.308 e. The van der Waals surface area contributed by atoms with Gasteiger partial charge in [0.2, 0.25) is 0 Å². The Bertz CT molecular complexity index is 542. The molecule has 0 radical (unpaired) electrons. The van der Waals surface area contributed by atoms with E-state index in [4.69, 9.17) is 11.6 Å².